The monoisotopic (exact) mass is 211 g/mol. The zero-order chi connectivity index (χ0) is 10.2. The summed E-state index contributed by atoms with van der Waals surface area (Å²) in [5.41, 5.74) is 0.270. The average Bonchev–Trinajstić information content (AvgIpc) is 2.55. The Kier molecular flexibility index (Phi) is 2.41. The van der Waals surface area contributed by atoms with Crippen molar-refractivity contribution in [3.05, 3.63) is 22.4 Å². The van der Waals surface area contributed by atoms with Crippen molar-refractivity contribution in [2.75, 3.05) is 20.3 Å². The molecular formula is C11H17NOS. The number of rotatable bonds is 3. The van der Waals surface area contributed by atoms with Crippen LogP contribution in [0, 0.1) is 0 Å². The van der Waals surface area contributed by atoms with Gasteiger partial charge in [0, 0.05) is 10.4 Å². The minimum absolute atomic E-state index is 0.0934. The van der Waals surface area contributed by atoms with Gasteiger partial charge in [-0.1, -0.05) is 6.07 Å². The first-order chi connectivity index (χ1) is 6.62. The lowest BCUT2D eigenvalue weighted by atomic mass is 9.68. The first-order valence-electron chi connectivity index (χ1n) is 4.93. The molecule has 1 aromatic heterocycles. The molecule has 2 rings (SSSR count). The molecule has 1 aromatic rings. The largest absolute Gasteiger partial charge is 0.379 e. The Morgan fingerprint density at radius 3 is 2.57 bits per heavy atom. The Balaban J connectivity index is 2.36. The van der Waals surface area contributed by atoms with Gasteiger partial charge in [0.15, 0.2) is 0 Å². The van der Waals surface area contributed by atoms with Gasteiger partial charge in [-0.15, -0.1) is 11.3 Å². The highest BCUT2D eigenvalue weighted by atomic mass is 32.1. The molecule has 3 heteroatoms. The van der Waals surface area contributed by atoms with Crippen LogP contribution in [0.15, 0.2) is 17.5 Å². The third kappa shape index (κ3) is 1.23. The van der Waals surface area contributed by atoms with Crippen LogP contribution in [0.4, 0.5) is 0 Å². The van der Waals surface area contributed by atoms with Gasteiger partial charge < -0.3 is 10.1 Å². The highest BCUT2D eigenvalue weighted by molar-refractivity contribution is 7.10. The number of hydrogen-bond donors (Lipinski definition) is 1. The second-order valence-electron chi connectivity index (χ2n) is 4.43. The fourth-order valence-corrected chi connectivity index (χ4v) is 2.97. The van der Waals surface area contributed by atoms with Gasteiger partial charge in [-0.25, -0.2) is 0 Å². The molecule has 0 saturated carbocycles. The molecule has 2 nitrogen and oxygen atoms in total. The lowest BCUT2D eigenvalue weighted by Gasteiger charge is -2.51. The van der Waals surface area contributed by atoms with E-state index in [2.05, 4.69) is 36.7 Å². The van der Waals surface area contributed by atoms with Gasteiger partial charge in [0.25, 0.3) is 0 Å². The molecule has 1 aliphatic rings. The molecule has 0 spiro atoms. The van der Waals surface area contributed by atoms with Gasteiger partial charge >= 0.3 is 0 Å². The number of hydrogen-bond acceptors (Lipinski definition) is 3. The van der Waals surface area contributed by atoms with Crippen LogP contribution in [-0.2, 0) is 10.2 Å². The van der Waals surface area contributed by atoms with E-state index in [1.54, 1.807) is 0 Å². The fraction of sp³-hybridized carbons (Fsp3) is 0.636. The number of thiophene rings is 1. The lowest BCUT2D eigenvalue weighted by Crippen LogP contribution is -2.65. The summed E-state index contributed by atoms with van der Waals surface area (Å²) < 4.78 is 5.42. The molecule has 14 heavy (non-hydrogen) atoms. The van der Waals surface area contributed by atoms with Crippen molar-refractivity contribution >= 4 is 11.3 Å². The summed E-state index contributed by atoms with van der Waals surface area (Å²) >= 11 is 1.83. The van der Waals surface area contributed by atoms with E-state index in [9.17, 15) is 0 Å². The zero-order valence-corrected chi connectivity index (χ0v) is 9.78. The topological polar surface area (TPSA) is 21.3 Å². The summed E-state index contributed by atoms with van der Waals surface area (Å²) in [5, 5.41) is 5.54. The molecule has 78 valence electrons. The Hall–Kier alpha value is -0.380. The number of ether oxygens (including phenoxy) is 1. The normalized spacial score (nSPS) is 20.5. The van der Waals surface area contributed by atoms with E-state index in [0.29, 0.717) is 0 Å². The molecular weight excluding hydrogens is 194 g/mol. The third-order valence-electron chi connectivity index (χ3n) is 3.51. The maximum atomic E-state index is 5.42. The maximum Gasteiger partial charge on any atom is 0.0689 e. The molecule has 1 N–H and O–H groups in total. The van der Waals surface area contributed by atoms with E-state index >= 15 is 0 Å². The van der Waals surface area contributed by atoms with Gasteiger partial charge in [0.2, 0.25) is 0 Å². The number of nitrogens with one attached hydrogen (secondary N) is 1. The third-order valence-corrected chi connectivity index (χ3v) is 4.59. The van der Waals surface area contributed by atoms with E-state index in [1.165, 1.54) is 4.88 Å². The molecule has 0 amide bonds. The van der Waals surface area contributed by atoms with Crippen LogP contribution in [-0.4, -0.2) is 25.8 Å². The van der Waals surface area contributed by atoms with E-state index in [-0.39, 0.29) is 11.0 Å². The Labute approximate surface area is 89.3 Å². The molecule has 1 aliphatic heterocycles. The first-order valence-corrected chi connectivity index (χ1v) is 5.81. The summed E-state index contributed by atoms with van der Waals surface area (Å²) in [5.74, 6) is 0. The van der Waals surface area contributed by atoms with Crippen molar-refractivity contribution in [3.8, 4) is 0 Å². The van der Waals surface area contributed by atoms with Gasteiger partial charge in [0.05, 0.1) is 18.6 Å². The van der Waals surface area contributed by atoms with Gasteiger partial charge in [-0.05, 0) is 32.3 Å². The SMILES string of the molecule is CNC(C)(C)C1(c2cccs2)COC1. The summed E-state index contributed by atoms with van der Waals surface area (Å²) in [6, 6.07) is 4.33. The second-order valence-corrected chi connectivity index (χ2v) is 5.37. The minimum atomic E-state index is 0.0934. The highest BCUT2D eigenvalue weighted by Crippen LogP contribution is 2.43. The summed E-state index contributed by atoms with van der Waals surface area (Å²) in [6.07, 6.45) is 0. The fourth-order valence-electron chi connectivity index (χ4n) is 1.91. The molecule has 2 heterocycles. The molecule has 0 atom stereocenters. The molecule has 0 aromatic carbocycles. The van der Waals surface area contributed by atoms with Crippen LogP contribution in [0.25, 0.3) is 0 Å². The standard InChI is InChI=1S/C11H17NOS/c1-10(2,12-3)11(7-13-8-11)9-5-4-6-14-9/h4-6,12H,7-8H2,1-3H3. The van der Waals surface area contributed by atoms with Crippen LogP contribution in [0.3, 0.4) is 0 Å². The first kappa shape index (κ1) is 10.1. The van der Waals surface area contributed by atoms with Crippen molar-refractivity contribution in [2.24, 2.45) is 0 Å². The van der Waals surface area contributed by atoms with Crippen LogP contribution >= 0.6 is 11.3 Å². The van der Waals surface area contributed by atoms with Crippen molar-refractivity contribution in [3.63, 3.8) is 0 Å². The molecule has 1 fully saturated rings. The van der Waals surface area contributed by atoms with Crippen molar-refractivity contribution in [2.45, 2.75) is 24.8 Å². The van der Waals surface area contributed by atoms with Crippen molar-refractivity contribution in [1.82, 2.24) is 5.32 Å². The summed E-state index contributed by atoms with van der Waals surface area (Å²) in [6.45, 7) is 6.16. The Morgan fingerprint density at radius 1 is 1.50 bits per heavy atom. The van der Waals surface area contributed by atoms with Crippen LogP contribution in [0.5, 0.6) is 0 Å². The minimum Gasteiger partial charge on any atom is -0.379 e. The van der Waals surface area contributed by atoms with E-state index < -0.39 is 0 Å². The highest BCUT2D eigenvalue weighted by Gasteiger charge is 2.52. The summed E-state index contributed by atoms with van der Waals surface area (Å²) in [7, 11) is 2.02. The maximum absolute atomic E-state index is 5.42. The van der Waals surface area contributed by atoms with Gasteiger partial charge in [-0.2, -0.15) is 0 Å². The van der Waals surface area contributed by atoms with Crippen LogP contribution in [0.1, 0.15) is 18.7 Å². The summed E-state index contributed by atoms with van der Waals surface area (Å²) in [4.78, 5) is 1.43. The zero-order valence-electron chi connectivity index (χ0n) is 8.96. The molecule has 0 bridgehead atoms. The van der Waals surface area contributed by atoms with Gasteiger partial charge in [-0.3, -0.25) is 0 Å². The lowest BCUT2D eigenvalue weighted by molar-refractivity contribution is -0.0971. The van der Waals surface area contributed by atoms with Crippen LogP contribution in [0.2, 0.25) is 0 Å². The van der Waals surface area contributed by atoms with E-state index in [0.717, 1.165) is 13.2 Å². The van der Waals surface area contributed by atoms with E-state index in [4.69, 9.17) is 4.74 Å². The number of likely N-dealkylation sites (N-methyl/N-ethyl adjacent to an activating group) is 1. The Bertz CT molecular complexity index is 301. The van der Waals surface area contributed by atoms with Crippen LogP contribution < -0.4 is 5.32 Å². The molecule has 1 saturated heterocycles. The predicted octanol–water partition coefficient (Wildman–Crippen LogP) is 2.01. The molecule has 0 unspecified atom stereocenters. The van der Waals surface area contributed by atoms with Crippen molar-refractivity contribution < 1.29 is 4.74 Å². The second kappa shape index (κ2) is 3.33. The quantitative estimate of drug-likeness (QED) is 0.826. The smallest absolute Gasteiger partial charge is 0.0689 e. The van der Waals surface area contributed by atoms with E-state index in [1.807, 2.05) is 18.4 Å². The molecule has 0 radical (unpaired) electrons. The van der Waals surface area contributed by atoms with Gasteiger partial charge in [0.1, 0.15) is 0 Å². The van der Waals surface area contributed by atoms with Crippen molar-refractivity contribution in [1.29, 1.82) is 0 Å². The predicted molar refractivity (Wildman–Crippen MR) is 60.0 cm³/mol. The Morgan fingerprint density at radius 2 is 2.21 bits per heavy atom. The molecule has 0 aliphatic carbocycles. The average molecular weight is 211 g/mol.